The number of halogens is 1. The van der Waals surface area contributed by atoms with Crippen molar-refractivity contribution in [2.75, 3.05) is 18.5 Å². The first-order valence-electron chi connectivity index (χ1n) is 9.50. The Labute approximate surface area is 187 Å². The van der Waals surface area contributed by atoms with Crippen LogP contribution in [0.25, 0.3) is 11.3 Å². The van der Waals surface area contributed by atoms with Crippen LogP contribution in [0.4, 0.5) is 5.00 Å². The van der Waals surface area contributed by atoms with Gasteiger partial charge in [-0.1, -0.05) is 11.6 Å². The van der Waals surface area contributed by atoms with E-state index in [-0.39, 0.29) is 34.4 Å². The Morgan fingerprint density at radius 2 is 1.65 bits per heavy atom. The van der Waals surface area contributed by atoms with Crippen molar-refractivity contribution in [2.24, 2.45) is 0 Å². The zero-order valence-corrected chi connectivity index (χ0v) is 18.7. The van der Waals surface area contributed by atoms with Crippen LogP contribution in [0.2, 0.25) is 5.02 Å². The highest BCUT2D eigenvalue weighted by atomic mass is 35.5. The normalized spacial score (nSPS) is 10.6. The van der Waals surface area contributed by atoms with Gasteiger partial charge in [0.25, 0.3) is 5.91 Å². The van der Waals surface area contributed by atoms with Crippen molar-refractivity contribution in [3.05, 3.63) is 63.2 Å². The van der Waals surface area contributed by atoms with Crippen molar-refractivity contribution >= 4 is 45.8 Å². The minimum Gasteiger partial charge on any atom is -0.462 e. The standard InChI is InChI=1S/C22H20ClNO6S/c1-4-28-21(26)17-12(3)18(22(27)29-5-2)31-20(17)24-19(25)16-11-10-15(30-16)13-6-8-14(23)9-7-13/h6-11H,4-5H2,1-3H3,(H,24,25). The summed E-state index contributed by atoms with van der Waals surface area (Å²) >= 11 is 6.85. The van der Waals surface area contributed by atoms with Crippen LogP contribution in [0.1, 0.15) is 50.0 Å². The second kappa shape index (κ2) is 9.80. The number of carbonyl (C=O) groups is 3. The van der Waals surface area contributed by atoms with Crippen LogP contribution in [0, 0.1) is 6.92 Å². The summed E-state index contributed by atoms with van der Waals surface area (Å²) in [6.07, 6.45) is 0. The van der Waals surface area contributed by atoms with Gasteiger partial charge in [-0.3, -0.25) is 4.79 Å². The van der Waals surface area contributed by atoms with Gasteiger partial charge in [-0.05, 0) is 62.7 Å². The van der Waals surface area contributed by atoms with E-state index in [4.69, 9.17) is 25.5 Å². The molecule has 0 bridgehead atoms. The van der Waals surface area contributed by atoms with E-state index in [1.807, 2.05) is 0 Å². The average Bonchev–Trinajstić information content (AvgIpc) is 3.34. The average molecular weight is 462 g/mol. The zero-order valence-electron chi connectivity index (χ0n) is 17.1. The van der Waals surface area contributed by atoms with Crippen molar-refractivity contribution in [1.29, 1.82) is 0 Å². The third-order valence-corrected chi connectivity index (χ3v) is 5.71. The van der Waals surface area contributed by atoms with Gasteiger partial charge < -0.3 is 19.2 Å². The molecule has 0 saturated heterocycles. The lowest BCUT2D eigenvalue weighted by Crippen LogP contribution is -2.14. The van der Waals surface area contributed by atoms with Gasteiger partial charge in [0, 0.05) is 10.6 Å². The molecule has 7 nitrogen and oxygen atoms in total. The molecule has 0 unspecified atom stereocenters. The molecule has 0 radical (unpaired) electrons. The third-order valence-electron chi connectivity index (χ3n) is 4.27. The fourth-order valence-corrected chi connectivity index (χ4v) is 4.05. The largest absolute Gasteiger partial charge is 0.462 e. The SMILES string of the molecule is CCOC(=O)c1sc(NC(=O)c2ccc(-c3ccc(Cl)cc3)o2)c(C(=O)OCC)c1C. The maximum Gasteiger partial charge on any atom is 0.348 e. The molecule has 0 fully saturated rings. The zero-order chi connectivity index (χ0) is 22.5. The molecule has 9 heteroatoms. The Morgan fingerprint density at radius 1 is 1.00 bits per heavy atom. The molecule has 2 heterocycles. The third kappa shape index (κ3) is 4.98. The van der Waals surface area contributed by atoms with E-state index in [2.05, 4.69) is 5.32 Å². The van der Waals surface area contributed by atoms with Gasteiger partial charge >= 0.3 is 11.9 Å². The number of anilines is 1. The van der Waals surface area contributed by atoms with E-state index in [0.717, 1.165) is 16.9 Å². The highest BCUT2D eigenvalue weighted by molar-refractivity contribution is 7.18. The summed E-state index contributed by atoms with van der Waals surface area (Å²) in [4.78, 5) is 37.7. The molecule has 0 saturated carbocycles. The topological polar surface area (TPSA) is 94.8 Å². The minimum atomic E-state index is -0.636. The first-order chi connectivity index (χ1) is 14.8. The molecule has 2 aromatic heterocycles. The number of carbonyl (C=O) groups excluding carboxylic acids is 3. The molecule has 1 aromatic carbocycles. The van der Waals surface area contributed by atoms with Crippen LogP contribution < -0.4 is 5.32 Å². The van der Waals surface area contributed by atoms with Crippen molar-refractivity contribution in [1.82, 2.24) is 0 Å². The number of nitrogens with one attached hydrogen (secondary N) is 1. The molecule has 0 atom stereocenters. The first kappa shape index (κ1) is 22.6. The van der Waals surface area contributed by atoms with Gasteiger partial charge in [0.2, 0.25) is 0 Å². The van der Waals surface area contributed by atoms with E-state index in [1.165, 1.54) is 6.07 Å². The van der Waals surface area contributed by atoms with Crippen LogP contribution in [-0.2, 0) is 9.47 Å². The summed E-state index contributed by atoms with van der Waals surface area (Å²) in [6.45, 7) is 5.30. The molecular formula is C22H20ClNO6S. The van der Waals surface area contributed by atoms with Gasteiger partial charge in [0.15, 0.2) is 5.76 Å². The molecule has 0 aliphatic heterocycles. The van der Waals surface area contributed by atoms with Crippen molar-refractivity contribution < 1.29 is 28.3 Å². The lowest BCUT2D eigenvalue weighted by molar-refractivity contribution is 0.0527. The van der Waals surface area contributed by atoms with Crippen LogP contribution in [0.3, 0.4) is 0 Å². The molecule has 0 aliphatic carbocycles. The molecular weight excluding hydrogens is 442 g/mol. The predicted octanol–water partition coefficient (Wildman–Crippen LogP) is 5.58. The summed E-state index contributed by atoms with van der Waals surface area (Å²) in [6, 6.07) is 10.2. The van der Waals surface area contributed by atoms with Gasteiger partial charge in [-0.15, -0.1) is 11.3 Å². The van der Waals surface area contributed by atoms with E-state index in [1.54, 1.807) is 51.1 Å². The quantitative estimate of drug-likeness (QED) is 0.462. The molecule has 31 heavy (non-hydrogen) atoms. The maximum atomic E-state index is 12.8. The molecule has 162 valence electrons. The Kier molecular flexibility index (Phi) is 7.14. The number of hydrogen-bond acceptors (Lipinski definition) is 7. The van der Waals surface area contributed by atoms with Crippen LogP contribution in [0.15, 0.2) is 40.8 Å². The van der Waals surface area contributed by atoms with E-state index in [0.29, 0.717) is 16.3 Å². The van der Waals surface area contributed by atoms with Crippen molar-refractivity contribution in [2.45, 2.75) is 20.8 Å². The van der Waals surface area contributed by atoms with E-state index in [9.17, 15) is 14.4 Å². The Balaban J connectivity index is 1.89. The lowest BCUT2D eigenvalue weighted by Gasteiger charge is -2.06. The van der Waals surface area contributed by atoms with Crippen LogP contribution in [-0.4, -0.2) is 31.1 Å². The molecule has 0 aliphatic rings. The molecule has 1 N–H and O–H groups in total. The summed E-state index contributed by atoms with van der Waals surface area (Å²) in [7, 11) is 0. The minimum absolute atomic E-state index is 0.0449. The fourth-order valence-electron chi connectivity index (χ4n) is 2.84. The second-order valence-electron chi connectivity index (χ2n) is 6.33. The number of esters is 2. The van der Waals surface area contributed by atoms with Gasteiger partial charge in [0.1, 0.15) is 15.6 Å². The first-order valence-corrected chi connectivity index (χ1v) is 10.7. The highest BCUT2D eigenvalue weighted by Gasteiger charge is 2.28. The summed E-state index contributed by atoms with van der Waals surface area (Å²) in [5.74, 6) is -1.24. The summed E-state index contributed by atoms with van der Waals surface area (Å²) in [5, 5.41) is 3.43. The van der Waals surface area contributed by atoms with Crippen LogP contribution in [0.5, 0.6) is 0 Å². The number of amides is 1. The van der Waals surface area contributed by atoms with Crippen LogP contribution >= 0.6 is 22.9 Å². The van der Waals surface area contributed by atoms with Gasteiger partial charge in [-0.25, -0.2) is 9.59 Å². The number of benzene rings is 1. The number of thiophene rings is 1. The second-order valence-corrected chi connectivity index (χ2v) is 7.78. The fraction of sp³-hybridized carbons (Fsp3) is 0.227. The lowest BCUT2D eigenvalue weighted by atomic mass is 10.1. The highest BCUT2D eigenvalue weighted by Crippen LogP contribution is 2.35. The smallest absolute Gasteiger partial charge is 0.348 e. The molecule has 3 rings (SSSR count). The number of furan rings is 1. The predicted molar refractivity (Wildman–Crippen MR) is 118 cm³/mol. The number of hydrogen-bond donors (Lipinski definition) is 1. The Bertz CT molecular complexity index is 1120. The number of ether oxygens (including phenoxy) is 2. The van der Waals surface area contributed by atoms with E-state index >= 15 is 0 Å². The maximum absolute atomic E-state index is 12.8. The monoisotopic (exact) mass is 461 g/mol. The number of rotatable bonds is 7. The molecule has 3 aromatic rings. The molecule has 1 amide bonds. The van der Waals surface area contributed by atoms with Crippen molar-refractivity contribution in [3.8, 4) is 11.3 Å². The summed E-state index contributed by atoms with van der Waals surface area (Å²) in [5.41, 5.74) is 1.26. The van der Waals surface area contributed by atoms with Gasteiger partial charge in [-0.2, -0.15) is 0 Å². The van der Waals surface area contributed by atoms with Crippen molar-refractivity contribution in [3.63, 3.8) is 0 Å². The van der Waals surface area contributed by atoms with Gasteiger partial charge in [0.05, 0.1) is 18.8 Å². The Morgan fingerprint density at radius 3 is 2.29 bits per heavy atom. The molecule has 0 spiro atoms. The summed E-state index contributed by atoms with van der Waals surface area (Å²) < 4.78 is 15.8. The van der Waals surface area contributed by atoms with E-state index < -0.39 is 17.8 Å². The Hall–Kier alpha value is -3.10.